The minimum atomic E-state index is -0.266. The number of Topliss-reactive ketones (excluding diaryl/α,β-unsaturated/α-hetero) is 2. The number of carbonyl (C=O) groups is 2. The van der Waals surface area contributed by atoms with E-state index in [1.165, 1.54) is 0 Å². The van der Waals surface area contributed by atoms with E-state index in [0.717, 1.165) is 85.9 Å². The van der Waals surface area contributed by atoms with E-state index < -0.39 is 0 Å². The standard InChI is InChI=1S/C23H25NO4/c25-17-3-1-5-19-22(17)21(23-18(26)4-2-6-20(23)28-19)15-7-9-16(10-8-15)24-11-13-27-14-12-24/h7-10,21H,1-6,11-14H2. The lowest BCUT2D eigenvalue weighted by atomic mass is 9.73. The van der Waals surface area contributed by atoms with Crippen LogP contribution in [0.25, 0.3) is 0 Å². The zero-order valence-corrected chi connectivity index (χ0v) is 16.0. The van der Waals surface area contributed by atoms with Gasteiger partial charge in [-0.3, -0.25) is 9.59 Å². The highest BCUT2D eigenvalue weighted by Crippen LogP contribution is 2.47. The van der Waals surface area contributed by atoms with Gasteiger partial charge >= 0.3 is 0 Å². The molecular weight excluding hydrogens is 354 g/mol. The molecule has 0 amide bonds. The molecule has 0 radical (unpaired) electrons. The van der Waals surface area contributed by atoms with Gasteiger partial charge in [0, 0.05) is 61.5 Å². The average Bonchev–Trinajstić information content (AvgIpc) is 2.74. The minimum absolute atomic E-state index is 0.133. The number of carbonyl (C=O) groups excluding carboxylic acids is 2. The van der Waals surface area contributed by atoms with Crippen LogP contribution in [0.5, 0.6) is 0 Å². The van der Waals surface area contributed by atoms with Crippen LogP contribution in [0.4, 0.5) is 5.69 Å². The number of morpholine rings is 1. The molecule has 2 heterocycles. The summed E-state index contributed by atoms with van der Waals surface area (Å²) in [5, 5.41) is 0. The summed E-state index contributed by atoms with van der Waals surface area (Å²) in [4.78, 5) is 27.9. The summed E-state index contributed by atoms with van der Waals surface area (Å²) < 4.78 is 11.5. The monoisotopic (exact) mass is 379 g/mol. The molecular formula is C23H25NO4. The highest BCUT2D eigenvalue weighted by Gasteiger charge is 2.41. The van der Waals surface area contributed by atoms with Gasteiger partial charge in [-0.05, 0) is 30.5 Å². The highest BCUT2D eigenvalue weighted by atomic mass is 16.5. The Morgan fingerprint density at radius 2 is 1.36 bits per heavy atom. The van der Waals surface area contributed by atoms with Crippen LogP contribution in [0.3, 0.4) is 0 Å². The lowest BCUT2D eigenvalue weighted by molar-refractivity contribution is -0.117. The third-order valence-corrected chi connectivity index (χ3v) is 6.24. The molecule has 1 aromatic carbocycles. The largest absolute Gasteiger partial charge is 0.465 e. The molecule has 2 aliphatic heterocycles. The quantitative estimate of drug-likeness (QED) is 0.785. The number of allylic oxidation sites excluding steroid dienone is 4. The summed E-state index contributed by atoms with van der Waals surface area (Å²) in [6, 6.07) is 8.38. The predicted octanol–water partition coefficient (Wildman–Crippen LogP) is 3.65. The maximum absolute atomic E-state index is 12.8. The van der Waals surface area contributed by atoms with E-state index in [2.05, 4.69) is 29.2 Å². The molecule has 0 saturated carbocycles. The maximum Gasteiger partial charge on any atom is 0.163 e. The Morgan fingerprint density at radius 3 is 1.93 bits per heavy atom. The Hall–Kier alpha value is -2.40. The molecule has 5 nitrogen and oxygen atoms in total. The van der Waals surface area contributed by atoms with E-state index in [-0.39, 0.29) is 17.5 Å². The molecule has 2 aliphatic carbocycles. The Balaban J connectivity index is 1.55. The molecule has 1 aromatic rings. The number of ether oxygens (including phenoxy) is 2. The van der Waals surface area contributed by atoms with Crippen molar-refractivity contribution in [2.24, 2.45) is 0 Å². The molecule has 5 rings (SSSR count). The third-order valence-electron chi connectivity index (χ3n) is 6.24. The molecule has 0 unspecified atom stereocenters. The lowest BCUT2D eigenvalue weighted by Gasteiger charge is -2.36. The van der Waals surface area contributed by atoms with E-state index >= 15 is 0 Å². The molecule has 0 spiro atoms. The maximum atomic E-state index is 12.8. The van der Waals surface area contributed by atoms with Crippen LogP contribution in [0.15, 0.2) is 46.9 Å². The van der Waals surface area contributed by atoms with Gasteiger partial charge in [0.1, 0.15) is 11.5 Å². The van der Waals surface area contributed by atoms with Crippen LogP contribution in [0, 0.1) is 0 Å². The number of nitrogens with zero attached hydrogens (tertiary/aromatic N) is 1. The van der Waals surface area contributed by atoms with Crippen molar-refractivity contribution in [2.45, 2.75) is 44.4 Å². The first-order chi connectivity index (χ1) is 13.7. The first kappa shape index (κ1) is 17.7. The number of ketones is 2. The summed E-state index contributed by atoms with van der Waals surface area (Å²) in [6.45, 7) is 3.27. The van der Waals surface area contributed by atoms with Gasteiger partial charge in [0.05, 0.1) is 13.2 Å². The molecule has 28 heavy (non-hydrogen) atoms. The average molecular weight is 379 g/mol. The van der Waals surface area contributed by atoms with Crippen LogP contribution >= 0.6 is 0 Å². The van der Waals surface area contributed by atoms with Crippen molar-refractivity contribution < 1.29 is 19.1 Å². The van der Waals surface area contributed by atoms with Crippen LogP contribution in [0.1, 0.15) is 50.0 Å². The fourth-order valence-corrected chi connectivity index (χ4v) is 4.85. The summed E-state index contributed by atoms with van der Waals surface area (Å²) in [5.74, 6) is 1.60. The number of hydrogen-bond acceptors (Lipinski definition) is 5. The lowest BCUT2D eigenvalue weighted by Crippen LogP contribution is -2.36. The number of rotatable bonds is 2. The fraction of sp³-hybridized carbons (Fsp3) is 0.478. The highest BCUT2D eigenvalue weighted by molar-refractivity contribution is 6.05. The van der Waals surface area contributed by atoms with Crippen LogP contribution < -0.4 is 4.90 Å². The molecule has 0 aromatic heterocycles. The van der Waals surface area contributed by atoms with Crippen LogP contribution in [-0.2, 0) is 19.1 Å². The number of anilines is 1. The van der Waals surface area contributed by atoms with Gasteiger partial charge < -0.3 is 14.4 Å². The van der Waals surface area contributed by atoms with Gasteiger partial charge in [-0.25, -0.2) is 0 Å². The first-order valence-corrected chi connectivity index (χ1v) is 10.4. The molecule has 1 saturated heterocycles. The smallest absolute Gasteiger partial charge is 0.163 e. The van der Waals surface area contributed by atoms with Crippen molar-refractivity contribution in [3.8, 4) is 0 Å². The second kappa shape index (κ2) is 7.21. The van der Waals surface area contributed by atoms with Crippen LogP contribution in [-0.4, -0.2) is 37.9 Å². The molecule has 1 fully saturated rings. The van der Waals surface area contributed by atoms with E-state index in [9.17, 15) is 9.59 Å². The Morgan fingerprint density at radius 1 is 0.786 bits per heavy atom. The summed E-state index contributed by atoms with van der Waals surface area (Å²) >= 11 is 0. The summed E-state index contributed by atoms with van der Waals surface area (Å²) in [7, 11) is 0. The van der Waals surface area contributed by atoms with Crippen molar-refractivity contribution in [1.82, 2.24) is 0 Å². The van der Waals surface area contributed by atoms with Crippen LogP contribution in [0.2, 0.25) is 0 Å². The van der Waals surface area contributed by atoms with E-state index in [0.29, 0.717) is 12.8 Å². The van der Waals surface area contributed by atoms with Gasteiger partial charge in [0.15, 0.2) is 11.6 Å². The zero-order chi connectivity index (χ0) is 19.1. The van der Waals surface area contributed by atoms with Gasteiger partial charge in [-0.2, -0.15) is 0 Å². The van der Waals surface area contributed by atoms with Gasteiger partial charge in [-0.1, -0.05) is 12.1 Å². The molecule has 0 atom stereocenters. The molecule has 5 heteroatoms. The molecule has 0 N–H and O–H groups in total. The SMILES string of the molecule is O=C1CCCC2=C1C(c1ccc(N3CCOCC3)cc1)C1=C(CCCC1=O)O2. The van der Waals surface area contributed by atoms with Gasteiger partial charge in [0.25, 0.3) is 0 Å². The second-order valence-electron chi connectivity index (χ2n) is 7.95. The van der Waals surface area contributed by atoms with Crippen molar-refractivity contribution in [1.29, 1.82) is 0 Å². The van der Waals surface area contributed by atoms with Gasteiger partial charge in [-0.15, -0.1) is 0 Å². The van der Waals surface area contributed by atoms with E-state index in [1.54, 1.807) is 0 Å². The first-order valence-electron chi connectivity index (χ1n) is 10.4. The topological polar surface area (TPSA) is 55.8 Å². The number of hydrogen-bond donors (Lipinski definition) is 0. The summed E-state index contributed by atoms with van der Waals surface area (Å²) in [5.41, 5.74) is 3.62. The second-order valence-corrected chi connectivity index (χ2v) is 7.95. The minimum Gasteiger partial charge on any atom is -0.465 e. The fourth-order valence-electron chi connectivity index (χ4n) is 4.85. The molecule has 4 aliphatic rings. The molecule has 0 bridgehead atoms. The van der Waals surface area contributed by atoms with Crippen molar-refractivity contribution in [2.75, 3.05) is 31.2 Å². The van der Waals surface area contributed by atoms with Crippen molar-refractivity contribution >= 4 is 17.3 Å². The third kappa shape index (κ3) is 2.98. The Labute approximate surface area is 165 Å². The van der Waals surface area contributed by atoms with Crippen molar-refractivity contribution in [3.63, 3.8) is 0 Å². The van der Waals surface area contributed by atoms with E-state index in [4.69, 9.17) is 9.47 Å². The Bertz CT molecular complexity index is 832. The normalized spacial score (nSPS) is 23.5. The molecule has 146 valence electrons. The van der Waals surface area contributed by atoms with E-state index in [1.807, 2.05) is 0 Å². The van der Waals surface area contributed by atoms with Crippen molar-refractivity contribution in [3.05, 3.63) is 52.5 Å². The number of benzene rings is 1. The summed E-state index contributed by atoms with van der Waals surface area (Å²) in [6.07, 6.45) is 4.32. The zero-order valence-electron chi connectivity index (χ0n) is 16.0. The Kier molecular flexibility index (Phi) is 4.55. The van der Waals surface area contributed by atoms with Gasteiger partial charge in [0.2, 0.25) is 0 Å². The predicted molar refractivity (Wildman–Crippen MR) is 105 cm³/mol.